The highest BCUT2D eigenvalue weighted by molar-refractivity contribution is 14.0. The molecule has 1 unspecified atom stereocenters. The van der Waals surface area contributed by atoms with Crippen LogP contribution in [0.3, 0.4) is 0 Å². The van der Waals surface area contributed by atoms with Crippen molar-refractivity contribution in [3.63, 3.8) is 0 Å². The molecule has 1 saturated heterocycles. The lowest BCUT2D eigenvalue weighted by Crippen LogP contribution is -2.56. The second-order valence-electron chi connectivity index (χ2n) is 7.30. The molecule has 0 radical (unpaired) electrons. The number of ether oxygens (including phenoxy) is 1. The Morgan fingerprint density at radius 3 is 2.58 bits per heavy atom. The van der Waals surface area contributed by atoms with Crippen LogP contribution in [0, 0.1) is 5.41 Å². The highest BCUT2D eigenvalue weighted by Crippen LogP contribution is 2.43. The molecule has 1 atom stereocenters. The van der Waals surface area contributed by atoms with E-state index in [1.807, 2.05) is 7.05 Å². The fourth-order valence-electron chi connectivity index (χ4n) is 3.54. The lowest BCUT2D eigenvalue weighted by molar-refractivity contribution is 0.0731. The molecule has 1 aliphatic carbocycles. The Morgan fingerprint density at radius 1 is 1.25 bits per heavy atom. The zero-order valence-electron chi connectivity index (χ0n) is 15.8. The zero-order chi connectivity index (χ0) is 16.7. The molecule has 142 valence electrons. The first-order chi connectivity index (χ1) is 11.1. The van der Waals surface area contributed by atoms with E-state index in [1.165, 1.54) is 19.3 Å². The molecule has 2 rings (SSSR count). The van der Waals surface area contributed by atoms with E-state index in [4.69, 9.17) is 4.74 Å². The number of likely N-dealkylation sites (N-methyl/N-ethyl adjacent to an activating group) is 2. The normalized spacial score (nSPS) is 24.8. The van der Waals surface area contributed by atoms with Crippen molar-refractivity contribution < 1.29 is 4.74 Å². The van der Waals surface area contributed by atoms with Crippen molar-refractivity contribution in [1.82, 2.24) is 20.4 Å². The molecule has 6 nitrogen and oxygen atoms in total. The summed E-state index contributed by atoms with van der Waals surface area (Å²) in [5, 5.41) is 7.04. The molecule has 0 spiro atoms. The Labute approximate surface area is 164 Å². The SMILES string of the molecule is CN=C(NCC1CN(C)CCN1C)NCC1(CCOC)CCC1.I. The number of guanidine groups is 1. The molecule has 0 amide bonds. The third-order valence-corrected chi connectivity index (χ3v) is 5.59. The van der Waals surface area contributed by atoms with Gasteiger partial charge >= 0.3 is 0 Å². The van der Waals surface area contributed by atoms with Crippen LogP contribution >= 0.6 is 24.0 Å². The first kappa shape index (κ1) is 21.9. The largest absolute Gasteiger partial charge is 0.385 e. The highest BCUT2D eigenvalue weighted by Gasteiger charge is 2.36. The maximum atomic E-state index is 5.27. The minimum Gasteiger partial charge on any atom is -0.385 e. The van der Waals surface area contributed by atoms with Gasteiger partial charge in [-0.1, -0.05) is 6.42 Å². The molecule has 1 heterocycles. The number of halogens is 1. The minimum atomic E-state index is 0. The van der Waals surface area contributed by atoms with Gasteiger partial charge in [0.2, 0.25) is 0 Å². The molecule has 0 bridgehead atoms. The first-order valence-corrected chi connectivity index (χ1v) is 8.91. The summed E-state index contributed by atoms with van der Waals surface area (Å²) in [5.74, 6) is 0.926. The van der Waals surface area contributed by atoms with E-state index in [0.29, 0.717) is 11.5 Å². The third kappa shape index (κ3) is 6.31. The van der Waals surface area contributed by atoms with Crippen molar-refractivity contribution in [2.24, 2.45) is 10.4 Å². The summed E-state index contributed by atoms with van der Waals surface area (Å²) in [6, 6.07) is 0.540. The molecule has 24 heavy (non-hydrogen) atoms. The second-order valence-corrected chi connectivity index (χ2v) is 7.30. The highest BCUT2D eigenvalue weighted by atomic mass is 127. The van der Waals surface area contributed by atoms with Crippen LogP contribution in [0.2, 0.25) is 0 Å². The lowest BCUT2D eigenvalue weighted by atomic mass is 9.67. The molecule has 1 aliphatic heterocycles. The van der Waals surface area contributed by atoms with Gasteiger partial charge in [-0.25, -0.2) is 0 Å². The van der Waals surface area contributed by atoms with E-state index in [1.54, 1.807) is 7.11 Å². The average molecular weight is 453 g/mol. The van der Waals surface area contributed by atoms with Crippen LogP contribution < -0.4 is 10.6 Å². The second kappa shape index (κ2) is 10.8. The third-order valence-electron chi connectivity index (χ3n) is 5.59. The summed E-state index contributed by atoms with van der Waals surface area (Å²) >= 11 is 0. The molecular weight excluding hydrogens is 417 g/mol. The van der Waals surface area contributed by atoms with E-state index in [2.05, 4.69) is 39.5 Å². The molecule has 1 saturated carbocycles. The summed E-state index contributed by atoms with van der Waals surface area (Å²) in [5.41, 5.74) is 0.412. The number of aliphatic imine (C=N–C) groups is 1. The number of nitrogens with one attached hydrogen (secondary N) is 2. The van der Waals surface area contributed by atoms with E-state index in [0.717, 1.165) is 51.7 Å². The van der Waals surface area contributed by atoms with Crippen molar-refractivity contribution in [3.05, 3.63) is 0 Å². The minimum absolute atomic E-state index is 0. The number of piperazine rings is 1. The van der Waals surface area contributed by atoms with Crippen LogP contribution in [0.1, 0.15) is 25.7 Å². The quantitative estimate of drug-likeness (QED) is 0.345. The number of nitrogens with zero attached hydrogens (tertiary/aromatic N) is 3. The van der Waals surface area contributed by atoms with Gasteiger partial charge in [-0.15, -0.1) is 24.0 Å². The molecule has 0 aromatic rings. The van der Waals surface area contributed by atoms with Gasteiger partial charge in [0.05, 0.1) is 0 Å². The van der Waals surface area contributed by atoms with Crippen molar-refractivity contribution in [2.75, 3.05) is 67.6 Å². The maximum absolute atomic E-state index is 5.27. The zero-order valence-corrected chi connectivity index (χ0v) is 18.1. The fourth-order valence-corrected chi connectivity index (χ4v) is 3.54. The first-order valence-electron chi connectivity index (χ1n) is 8.91. The van der Waals surface area contributed by atoms with Gasteiger partial charge < -0.3 is 20.3 Å². The van der Waals surface area contributed by atoms with Crippen molar-refractivity contribution in [2.45, 2.75) is 31.7 Å². The molecule has 7 heteroatoms. The summed E-state index contributed by atoms with van der Waals surface area (Å²) in [6.07, 6.45) is 5.09. The summed E-state index contributed by atoms with van der Waals surface area (Å²) in [6.45, 7) is 6.18. The predicted molar refractivity (Wildman–Crippen MR) is 111 cm³/mol. The molecule has 2 N–H and O–H groups in total. The molecule has 0 aromatic heterocycles. The van der Waals surface area contributed by atoms with Crippen molar-refractivity contribution >= 4 is 29.9 Å². The monoisotopic (exact) mass is 453 g/mol. The predicted octanol–water partition coefficient (Wildman–Crippen LogP) is 1.22. The Bertz CT molecular complexity index is 389. The summed E-state index contributed by atoms with van der Waals surface area (Å²) in [4.78, 5) is 9.23. The standard InChI is InChI=1S/C17H35N5O.HI/c1-18-16(19-12-15-13-21(2)9-10-22(15)3)20-14-17(6-5-7-17)8-11-23-4;/h15H,5-14H2,1-4H3,(H2,18,19,20);1H. The Morgan fingerprint density at radius 2 is 2.00 bits per heavy atom. The van der Waals surface area contributed by atoms with E-state index in [-0.39, 0.29) is 24.0 Å². The smallest absolute Gasteiger partial charge is 0.191 e. The van der Waals surface area contributed by atoms with Crippen LogP contribution in [0.4, 0.5) is 0 Å². The molecule has 0 aromatic carbocycles. The topological polar surface area (TPSA) is 52.1 Å². The molecule has 2 aliphatic rings. The van der Waals surface area contributed by atoms with Gasteiger partial charge in [-0.2, -0.15) is 0 Å². The van der Waals surface area contributed by atoms with E-state index in [9.17, 15) is 0 Å². The van der Waals surface area contributed by atoms with Crippen molar-refractivity contribution in [1.29, 1.82) is 0 Å². The summed E-state index contributed by atoms with van der Waals surface area (Å²) < 4.78 is 5.27. The van der Waals surface area contributed by atoms with Crippen LogP contribution in [0.5, 0.6) is 0 Å². The van der Waals surface area contributed by atoms with E-state index < -0.39 is 0 Å². The van der Waals surface area contributed by atoms with Gasteiger partial charge in [0.1, 0.15) is 0 Å². The van der Waals surface area contributed by atoms with Crippen LogP contribution in [0.15, 0.2) is 4.99 Å². The Balaban J connectivity index is 0.00000288. The number of methoxy groups -OCH3 is 1. The van der Waals surface area contributed by atoms with Crippen molar-refractivity contribution in [3.8, 4) is 0 Å². The number of rotatable bonds is 7. The van der Waals surface area contributed by atoms with Gasteiger partial charge in [0, 0.05) is 59.5 Å². The molecular formula is C17H36IN5O. The van der Waals surface area contributed by atoms with Gasteiger partial charge in [-0.3, -0.25) is 9.89 Å². The summed E-state index contributed by atoms with van der Waals surface area (Å²) in [7, 11) is 8.06. The number of hydrogen-bond acceptors (Lipinski definition) is 4. The Hall–Kier alpha value is -0.120. The van der Waals surface area contributed by atoms with Gasteiger partial charge in [-0.05, 0) is 38.8 Å². The maximum Gasteiger partial charge on any atom is 0.191 e. The van der Waals surface area contributed by atoms with Crippen LogP contribution in [-0.4, -0.2) is 89.4 Å². The van der Waals surface area contributed by atoms with E-state index >= 15 is 0 Å². The average Bonchev–Trinajstić information content (AvgIpc) is 2.51. The van der Waals surface area contributed by atoms with Gasteiger partial charge in [0.25, 0.3) is 0 Å². The fraction of sp³-hybridized carbons (Fsp3) is 0.941. The van der Waals surface area contributed by atoms with Crippen LogP contribution in [0.25, 0.3) is 0 Å². The molecule has 2 fully saturated rings. The van der Waals surface area contributed by atoms with Crippen LogP contribution in [-0.2, 0) is 4.74 Å². The van der Waals surface area contributed by atoms with Gasteiger partial charge in [0.15, 0.2) is 5.96 Å². The number of hydrogen-bond donors (Lipinski definition) is 2. The lowest BCUT2D eigenvalue weighted by Gasteiger charge is -2.42. The Kier molecular flexibility index (Phi) is 9.84.